The van der Waals surface area contributed by atoms with Crippen LogP contribution < -0.4 is 18.9 Å². The smallest absolute Gasteiger partial charge is 0.231 e. The lowest BCUT2D eigenvalue weighted by atomic mass is 10.1. The van der Waals surface area contributed by atoms with Gasteiger partial charge in [-0.2, -0.15) is 0 Å². The highest BCUT2D eigenvalue weighted by molar-refractivity contribution is 5.74. The van der Waals surface area contributed by atoms with Crippen LogP contribution in [0.1, 0.15) is 0 Å². The molecule has 98 valence electrons. The van der Waals surface area contributed by atoms with Crippen LogP contribution in [-0.4, -0.2) is 26.0 Å². The van der Waals surface area contributed by atoms with Crippen molar-refractivity contribution in [1.29, 1.82) is 0 Å². The normalized spacial score (nSPS) is 12.3. The van der Waals surface area contributed by atoms with Gasteiger partial charge >= 0.3 is 0 Å². The minimum absolute atomic E-state index is 0.239. The summed E-state index contributed by atoms with van der Waals surface area (Å²) in [4.78, 5) is 4.19. The minimum atomic E-state index is 0.239. The molecule has 5 heteroatoms. The average molecular weight is 259 g/mol. The van der Waals surface area contributed by atoms with Crippen LogP contribution >= 0.6 is 0 Å². The van der Waals surface area contributed by atoms with Crippen LogP contribution in [0.25, 0.3) is 11.1 Å². The quantitative estimate of drug-likeness (QED) is 0.847. The number of ether oxygens (including phenoxy) is 4. The second kappa shape index (κ2) is 4.68. The minimum Gasteiger partial charge on any atom is -0.496 e. The van der Waals surface area contributed by atoms with E-state index in [2.05, 4.69) is 4.98 Å². The van der Waals surface area contributed by atoms with Crippen molar-refractivity contribution in [3.8, 4) is 34.3 Å². The van der Waals surface area contributed by atoms with E-state index in [0.717, 1.165) is 16.9 Å². The van der Waals surface area contributed by atoms with Gasteiger partial charge in [0.25, 0.3) is 0 Å². The fourth-order valence-electron chi connectivity index (χ4n) is 1.98. The number of pyridine rings is 1. The van der Waals surface area contributed by atoms with Crippen LogP contribution in [-0.2, 0) is 0 Å². The Labute approximate surface area is 110 Å². The highest BCUT2D eigenvalue weighted by atomic mass is 16.7. The Morgan fingerprint density at radius 3 is 2.47 bits per heavy atom. The molecule has 0 fully saturated rings. The van der Waals surface area contributed by atoms with Crippen molar-refractivity contribution in [1.82, 2.24) is 4.98 Å². The van der Waals surface area contributed by atoms with Gasteiger partial charge in [0.05, 0.1) is 14.2 Å². The van der Waals surface area contributed by atoms with Crippen molar-refractivity contribution in [3.05, 3.63) is 30.5 Å². The van der Waals surface area contributed by atoms with E-state index < -0.39 is 0 Å². The molecule has 0 amide bonds. The molecular weight excluding hydrogens is 246 g/mol. The largest absolute Gasteiger partial charge is 0.496 e. The molecule has 0 unspecified atom stereocenters. The Bertz CT molecular complexity index is 595. The summed E-state index contributed by atoms with van der Waals surface area (Å²) >= 11 is 0. The van der Waals surface area contributed by atoms with Crippen molar-refractivity contribution in [2.24, 2.45) is 0 Å². The summed E-state index contributed by atoms with van der Waals surface area (Å²) in [6.45, 7) is 0.239. The molecule has 0 saturated carbocycles. The number of nitrogens with zero attached hydrogens (tertiary/aromatic N) is 1. The molecule has 1 aliphatic heterocycles. The average Bonchev–Trinajstić information content (AvgIpc) is 2.93. The summed E-state index contributed by atoms with van der Waals surface area (Å²) in [6.07, 6.45) is 1.74. The second-order valence-corrected chi connectivity index (χ2v) is 3.99. The van der Waals surface area contributed by atoms with E-state index in [4.69, 9.17) is 18.9 Å². The van der Waals surface area contributed by atoms with Crippen LogP contribution in [0.4, 0.5) is 0 Å². The number of rotatable bonds is 3. The van der Waals surface area contributed by atoms with Gasteiger partial charge in [0.1, 0.15) is 5.75 Å². The molecule has 5 nitrogen and oxygen atoms in total. The lowest BCUT2D eigenvalue weighted by Gasteiger charge is -2.10. The monoisotopic (exact) mass is 259 g/mol. The summed E-state index contributed by atoms with van der Waals surface area (Å²) in [5.74, 6) is 2.70. The molecule has 3 rings (SSSR count). The third-order valence-corrected chi connectivity index (χ3v) is 2.95. The number of aromatic nitrogens is 1. The van der Waals surface area contributed by atoms with E-state index in [0.29, 0.717) is 17.4 Å². The first-order chi connectivity index (χ1) is 9.31. The molecule has 0 aliphatic carbocycles. The SMILES string of the molecule is COc1ccc(-c2cc3c(cc2OC)OCO3)cn1. The first-order valence-electron chi connectivity index (χ1n) is 5.80. The first-order valence-corrected chi connectivity index (χ1v) is 5.80. The standard InChI is InChI=1S/C14H13NO4/c1-16-11-6-13-12(18-8-19-13)5-10(11)9-3-4-14(17-2)15-7-9/h3-7H,8H2,1-2H3. The van der Waals surface area contributed by atoms with E-state index >= 15 is 0 Å². The van der Waals surface area contributed by atoms with Gasteiger partial charge in [0.15, 0.2) is 11.5 Å². The van der Waals surface area contributed by atoms with Gasteiger partial charge in [0.2, 0.25) is 12.7 Å². The van der Waals surface area contributed by atoms with Crippen LogP contribution in [0.5, 0.6) is 23.1 Å². The molecule has 1 aromatic carbocycles. The van der Waals surface area contributed by atoms with Gasteiger partial charge in [-0.15, -0.1) is 0 Å². The summed E-state index contributed by atoms with van der Waals surface area (Å²) in [7, 11) is 3.21. The van der Waals surface area contributed by atoms with Crippen molar-refractivity contribution in [2.75, 3.05) is 21.0 Å². The van der Waals surface area contributed by atoms with Gasteiger partial charge < -0.3 is 18.9 Å². The zero-order valence-electron chi connectivity index (χ0n) is 10.7. The van der Waals surface area contributed by atoms with E-state index in [1.165, 1.54) is 0 Å². The molecule has 1 aromatic heterocycles. The Balaban J connectivity index is 2.07. The zero-order valence-corrected chi connectivity index (χ0v) is 10.7. The van der Waals surface area contributed by atoms with E-state index in [-0.39, 0.29) is 6.79 Å². The molecular formula is C14H13NO4. The van der Waals surface area contributed by atoms with Gasteiger partial charge in [-0.3, -0.25) is 0 Å². The zero-order chi connectivity index (χ0) is 13.2. The fourth-order valence-corrected chi connectivity index (χ4v) is 1.98. The number of fused-ring (bicyclic) bond motifs is 1. The van der Waals surface area contributed by atoms with Crippen LogP contribution in [0, 0.1) is 0 Å². The second-order valence-electron chi connectivity index (χ2n) is 3.99. The molecule has 0 saturated heterocycles. The Kier molecular flexibility index (Phi) is 2.87. The lowest BCUT2D eigenvalue weighted by Crippen LogP contribution is -1.92. The van der Waals surface area contributed by atoms with E-state index in [9.17, 15) is 0 Å². The molecule has 19 heavy (non-hydrogen) atoms. The summed E-state index contributed by atoms with van der Waals surface area (Å²) in [5, 5.41) is 0. The number of hydrogen-bond acceptors (Lipinski definition) is 5. The molecule has 0 bridgehead atoms. The maximum atomic E-state index is 5.39. The Morgan fingerprint density at radius 2 is 1.84 bits per heavy atom. The highest BCUT2D eigenvalue weighted by Gasteiger charge is 2.18. The van der Waals surface area contributed by atoms with Crippen LogP contribution in [0.3, 0.4) is 0 Å². The number of hydrogen-bond donors (Lipinski definition) is 0. The van der Waals surface area contributed by atoms with Gasteiger partial charge in [0, 0.05) is 29.5 Å². The molecule has 2 aromatic rings. The van der Waals surface area contributed by atoms with Crippen LogP contribution in [0.2, 0.25) is 0 Å². The van der Waals surface area contributed by atoms with Crippen molar-refractivity contribution in [3.63, 3.8) is 0 Å². The number of benzene rings is 1. The summed E-state index contributed by atoms with van der Waals surface area (Å²) < 4.78 is 21.1. The van der Waals surface area contributed by atoms with Crippen molar-refractivity contribution in [2.45, 2.75) is 0 Å². The highest BCUT2D eigenvalue weighted by Crippen LogP contribution is 2.42. The Morgan fingerprint density at radius 1 is 1.05 bits per heavy atom. The van der Waals surface area contributed by atoms with E-state index in [1.807, 2.05) is 18.2 Å². The third-order valence-electron chi connectivity index (χ3n) is 2.95. The molecule has 0 spiro atoms. The molecule has 2 heterocycles. The topological polar surface area (TPSA) is 49.8 Å². The summed E-state index contributed by atoms with van der Waals surface area (Å²) in [6, 6.07) is 7.44. The number of methoxy groups -OCH3 is 2. The van der Waals surface area contributed by atoms with Crippen molar-refractivity contribution >= 4 is 0 Å². The van der Waals surface area contributed by atoms with Crippen LogP contribution in [0.15, 0.2) is 30.5 Å². The maximum Gasteiger partial charge on any atom is 0.231 e. The Hall–Kier alpha value is -2.43. The molecule has 0 radical (unpaired) electrons. The third kappa shape index (κ3) is 2.03. The predicted octanol–water partition coefficient (Wildman–Crippen LogP) is 2.49. The molecule has 1 aliphatic rings. The maximum absolute atomic E-state index is 5.39. The lowest BCUT2D eigenvalue weighted by molar-refractivity contribution is 0.174. The van der Waals surface area contributed by atoms with Crippen molar-refractivity contribution < 1.29 is 18.9 Å². The first kappa shape index (κ1) is 11.6. The van der Waals surface area contributed by atoms with Gasteiger partial charge in [-0.05, 0) is 12.1 Å². The fraction of sp³-hybridized carbons (Fsp3) is 0.214. The van der Waals surface area contributed by atoms with Gasteiger partial charge in [-0.1, -0.05) is 0 Å². The van der Waals surface area contributed by atoms with E-state index in [1.54, 1.807) is 26.5 Å². The van der Waals surface area contributed by atoms with Gasteiger partial charge in [-0.25, -0.2) is 4.98 Å². The summed E-state index contributed by atoms with van der Waals surface area (Å²) in [5.41, 5.74) is 1.83. The predicted molar refractivity (Wildman–Crippen MR) is 68.9 cm³/mol. The molecule has 0 atom stereocenters. The molecule has 0 N–H and O–H groups in total.